The van der Waals surface area contributed by atoms with E-state index in [9.17, 15) is 4.79 Å². The zero-order valence-electron chi connectivity index (χ0n) is 19.7. The maximum absolute atomic E-state index is 13.6. The zero-order valence-corrected chi connectivity index (χ0v) is 19.7. The summed E-state index contributed by atoms with van der Waals surface area (Å²) < 4.78 is 5.58. The van der Waals surface area contributed by atoms with E-state index in [0.717, 1.165) is 78.0 Å². The average Bonchev–Trinajstić information content (AvgIpc) is 2.79. The molecule has 0 unspecified atom stereocenters. The highest BCUT2D eigenvalue weighted by atomic mass is 16.5. The smallest absolute Gasteiger partial charge is 0.227 e. The fraction of sp³-hybridized carbons (Fsp3) is 0.731. The molecule has 0 radical (unpaired) electrons. The van der Waals surface area contributed by atoms with Gasteiger partial charge < -0.3 is 10.1 Å². The van der Waals surface area contributed by atoms with E-state index in [4.69, 9.17) is 4.74 Å². The summed E-state index contributed by atoms with van der Waals surface area (Å²) >= 11 is 0. The summed E-state index contributed by atoms with van der Waals surface area (Å²) in [4.78, 5) is 18.8. The number of morpholine rings is 1. The molecule has 2 saturated heterocycles. The minimum atomic E-state index is -0.244. The molecule has 5 nitrogen and oxygen atoms in total. The van der Waals surface area contributed by atoms with Crippen LogP contribution in [-0.2, 0) is 22.5 Å². The van der Waals surface area contributed by atoms with E-state index in [-0.39, 0.29) is 11.5 Å². The second-order valence-electron chi connectivity index (χ2n) is 10.2. The maximum atomic E-state index is 13.6. The van der Waals surface area contributed by atoms with Crippen molar-refractivity contribution in [3.63, 3.8) is 0 Å². The molecule has 31 heavy (non-hydrogen) atoms. The maximum Gasteiger partial charge on any atom is 0.227 e. The van der Waals surface area contributed by atoms with Gasteiger partial charge in [0.05, 0.1) is 18.6 Å². The van der Waals surface area contributed by atoms with Gasteiger partial charge in [-0.1, -0.05) is 31.2 Å². The number of rotatable bonds is 6. The van der Waals surface area contributed by atoms with E-state index in [0.29, 0.717) is 17.9 Å². The second-order valence-corrected chi connectivity index (χ2v) is 10.2. The van der Waals surface area contributed by atoms with Crippen LogP contribution in [-0.4, -0.2) is 67.2 Å². The Kier molecular flexibility index (Phi) is 7.35. The molecule has 3 aliphatic rings. The van der Waals surface area contributed by atoms with Crippen molar-refractivity contribution >= 4 is 5.91 Å². The van der Waals surface area contributed by atoms with E-state index in [2.05, 4.69) is 60.2 Å². The van der Waals surface area contributed by atoms with Crippen LogP contribution < -0.4 is 5.32 Å². The number of fused-ring (bicyclic) bond motifs is 1. The van der Waals surface area contributed by atoms with Crippen molar-refractivity contribution < 1.29 is 9.53 Å². The number of likely N-dealkylation sites (tertiary alicyclic amines) is 1. The van der Waals surface area contributed by atoms with Gasteiger partial charge in [-0.05, 0) is 69.5 Å². The first kappa shape index (κ1) is 22.8. The number of carbonyl (C=O) groups is 1. The molecule has 3 fully saturated rings. The predicted molar refractivity (Wildman–Crippen MR) is 125 cm³/mol. The lowest BCUT2D eigenvalue weighted by molar-refractivity contribution is -0.146. The lowest BCUT2D eigenvalue weighted by Crippen LogP contribution is -2.61. The Morgan fingerprint density at radius 1 is 1.16 bits per heavy atom. The number of benzene rings is 1. The van der Waals surface area contributed by atoms with E-state index in [1.807, 2.05) is 0 Å². The Morgan fingerprint density at radius 3 is 2.61 bits per heavy atom. The molecule has 3 atom stereocenters. The first-order valence-electron chi connectivity index (χ1n) is 12.4. The monoisotopic (exact) mass is 427 g/mol. The van der Waals surface area contributed by atoms with Gasteiger partial charge in [-0.25, -0.2) is 0 Å². The van der Waals surface area contributed by atoms with Gasteiger partial charge in [-0.2, -0.15) is 0 Å². The molecule has 5 heteroatoms. The second kappa shape index (κ2) is 10.0. The van der Waals surface area contributed by atoms with Crippen molar-refractivity contribution in [2.24, 2.45) is 11.3 Å². The summed E-state index contributed by atoms with van der Waals surface area (Å²) in [5, 5.41) is 3.30. The Bertz CT molecular complexity index is 746. The van der Waals surface area contributed by atoms with Crippen LogP contribution in [0.4, 0.5) is 0 Å². The zero-order chi connectivity index (χ0) is 21.8. The molecule has 0 aromatic heterocycles. The fourth-order valence-electron chi connectivity index (χ4n) is 6.20. The predicted octanol–water partition coefficient (Wildman–Crippen LogP) is 3.47. The molecule has 172 valence electrons. The van der Waals surface area contributed by atoms with E-state index >= 15 is 0 Å². The first-order valence-corrected chi connectivity index (χ1v) is 12.4. The van der Waals surface area contributed by atoms with Crippen LogP contribution in [0.2, 0.25) is 0 Å². The van der Waals surface area contributed by atoms with Gasteiger partial charge in [-0.3, -0.25) is 14.6 Å². The number of hydrogen-bond acceptors (Lipinski definition) is 4. The third kappa shape index (κ3) is 4.99. The highest BCUT2D eigenvalue weighted by molar-refractivity contribution is 5.83. The Labute approximate surface area is 188 Å². The van der Waals surface area contributed by atoms with Gasteiger partial charge in [0.1, 0.15) is 0 Å². The normalized spacial score (nSPS) is 30.2. The molecule has 1 N–H and O–H groups in total. The number of nitrogens with one attached hydrogen (secondary N) is 1. The highest BCUT2D eigenvalue weighted by Crippen LogP contribution is 2.48. The van der Waals surface area contributed by atoms with Gasteiger partial charge in [0.2, 0.25) is 5.91 Å². The Hall–Kier alpha value is -1.43. The minimum absolute atomic E-state index is 0.190. The van der Waals surface area contributed by atoms with Crippen LogP contribution in [0.1, 0.15) is 57.6 Å². The van der Waals surface area contributed by atoms with Crippen molar-refractivity contribution in [2.45, 2.75) is 71.5 Å². The molecule has 1 aliphatic carbocycles. The summed E-state index contributed by atoms with van der Waals surface area (Å²) in [5.74, 6) is 0.770. The van der Waals surface area contributed by atoms with Crippen molar-refractivity contribution in [1.82, 2.24) is 15.1 Å². The lowest BCUT2D eigenvalue weighted by Gasteiger charge is -2.53. The topological polar surface area (TPSA) is 44.8 Å². The quantitative estimate of drug-likeness (QED) is 0.755. The van der Waals surface area contributed by atoms with Crippen molar-refractivity contribution in [3.05, 3.63) is 35.4 Å². The molecule has 0 bridgehead atoms. The molecular weight excluding hydrogens is 386 g/mol. The highest BCUT2D eigenvalue weighted by Gasteiger charge is 2.52. The van der Waals surface area contributed by atoms with Gasteiger partial charge in [0.15, 0.2) is 0 Å². The summed E-state index contributed by atoms with van der Waals surface area (Å²) in [7, 11) is 0. The third-order valence-corrected chi connectivity index (χ3v) is 7.89. The lowest BCUT2D eigenvalue weighted by atomic mass is 9.60. The number of hydrogen-bond donors (Lipinski definition) is 1. The summed E-state index contributed by atoms with van der Waals surface area (Å²) in [6.07, 6.45) is 5.48. The van der Waals surface area contributed by atoms with Gasteiger partial charge in [-0.15, -0.1) is 0 Å². The molecule has 4 rings (SSSR count). The number of carbonyl (C=O) groups excluding carboxylic acids is 1. The summed E-state index contributed by atoms with van der Waals surface area (Å²) in [5.41, 5.74) is 2.61. The standard InChI is InChI=1S/C26H41N3O2/c1-4-21-7-5-6-8-22(21)18-28-12-10-23-17-24(29-13-15-31-16-14-29)9-11-26(23,19-28)25(30)27-20(2)3/h5-8,20,23-24H,4,9-19H2,1-3H3,(H,27,30)/t23-,24-,26-/m1/s1. The third-order valence-electron chi connectivity index (χ3n) is 7.89. The average molecular weight is 428 g/mol. The number of nitrogens with zero attached hydrogens (tertiary/aromatic N) is 2. The largest absolute Gasteiger partial charge is 0.379 e. The van der Waals surface area contributed by atoms with Crippen LogP contribution >= 0.6 is 0 Å². The van der Waals surface area contributed by atoms with Crippen LogP contribution in [0.15, 0.2) is 24.3 Å². The van der Waals surface area contributed by atoms with Gasteiger partial charge in [0.25, 0.3) is 0 Å². The number of piperidine rings is 1. The number of aryl methyl sites for hydroxylation is 1. The molecule has 0 spiro atoms. The van der Waals surface area contributed by atoms with Crippen molar-refractivity contribution in [2.75, 3.05) is 39.4 Å². The fourth-order valence-corrected chi connectivity index (χ4v) is 6.20. The van der Waals surface area contributed by atoms with E-state index < -0.39 is 0 Å². The number of amides is 1. The van der Waals surface area contributed by atoms with Gasteiger partial charge >= 0.3 is 0 Å². The van der Waals surface area contributed by atoms with Crippen LogP contribution in [0, 0.1) is 11.3 Å². The summed E-state index contributed by atoms with van der Waals surface area (Å²) in [6, 6.07) is 9.60. The van der Waals surface area contributed by atoms with Crippen LogP contribution in [0.3, 0.4) is 0 Å². The SMILES string of the molecule is CCc1ccccc1CN1CC[C@@H]2C[C@H](N3CCOCC3)CC[C@@]2(C(=O)NC(C)C)C1. The minimum Gasteiger partial charge on any atom is -0.379 e. The molecule has 1 aromatic carbocycles. The molecule has 2 aliphatic heterocycles. The first-order chi connectivity index (χ1) is 15.0. The molecular formula is C26H41N3O2. The Balaban J connectivity index is 1.51. The molecule has 1 saturated carbocycles. The van der Waals surface area contributed by atoms with Crippen molar-refractivity contribution in [1.29, 1.82) is 0 Å². The van der Waals surface area contributed by atoms with Gasteiger partial charge in [0, 0.05) is 38.3 Å². The van der Waals surface area contributed by atoms with Crippen molar-refractivity contribution in [3.8, 4) is 0 Å². The van der Waals surface area contributed by atoms with Crippen LogP contribution in [0.25, 0.3) is 0 Å². The number of ether oxygens (including phenoxy) is 1. The molecule has 2 heterocycles. The van der Waals surface area contributed by atoms with E-state index in [1.54, 1.807) is 0 Å². The van der Waals surface area contributed by atoms with Crippen LogP contribution in [0.5, 0.6) is 0 Å². The van der Waals surface area contributed by atoms with E-state index in [1.165, 1.54) is 11.1 Å². The summed E-state index contributed by atoms with van der Waals surface area (Å²) in [6.45, 7) is 13.1. The molecule has 1 amide bonds. The molecule has 1 aromatic rings. The Morgan fingerprint density at radius 2 is 1.90 bits per heavy atom.